The predicted molar refractivity (Wildman–Crippen MR) is 56.3 cm³/mol. The minimum Gasteiger partial charge on any atom is -0.481 e. The van der Waals surface area contributed by atoms with Crippen LogP contribution in [0.4, 0.5) is 5.69 Å². The Morgan fingerprint density at radius 2 is 1.88 bits per heavy atom. The number of carboxylic acids is 2. The van der Waals surface area contributed by atoms with Crippen LogP contribution >= 0.6 is 0 Å². The van der Waals surface area contributed by atoms with Crippen LogP contribution in [0.5, 0.6) is 0 Å². The zero-order valence-corrected chi connectivity index (χ0v) is 8.38. The molecule has 84 valence electrons. The summed E-state index contributed by atoms with van der Waals surface area (Å²) in [5.74, 6) is -3.15. The van der Waals surface area contributed by atoms with Crippen LogP contribution in [0.3, 0.4) is 0 Å². The summed E-state index contributed by atoms with van der Waals surface area (Å²) in [6.45, 7) is 0. The molecule has 1 aliphatic rings. The highest BCUT2D eigenvalue weighted by Gasteiger charge is 2.37. The monoisotopic (exact) mass is 221 g/mol. The molecule has 0 fully saturated rings. The van der Waals surface area contributed by atoms with E-state index in [0.717, 1.165) is 5.56 Å². The second-order valence-corrected chi connectivity index (χ2v) is 3.77. The first-order chi connectivity index (χ1) is 7.59. The summed E-state index contributed by atoms with van der Waals surface area (Å²) < 4.78 is 0. The number of fused-ring (bicyclic) bond motifs is 1. The van der Waals surface area contributed by atoms with Crippen molar-refractivity contribution in [2.75, 3.05) is 5.32 Å². The highest BCUT2D eigenvalue weighted by Crippen LogP contribution is 2.28. The van der Waals surface area contributed by atoms with Crippen LogP contribution in [0.2, 0.25) is 0 Å². The summed E-state index contributed by atoms with van der Waals surface area (Å²) in [6.07, 6.45) is 0.246. The summed E-state index contributed by atoms with van der Waals surface area (Å²) in [7, 11) is 0. The van der Waals surface area contributed by atoms with Crippen molar-refractivity contribution in [1.29, 1.82) is 0 Å². The van der Waals surface area contributed by atoms with Gasteiger partial charge in [-0.15, -0.1) is 0 Å². The summed E-state index contributed by atoms with van der Waals surface area (Å²) >= 11 is 0. The van der Waals surface area contributed by atoms with Crippen molar-refractivity contribution in [2.45, 2.75) is 12.5 Å². The Morgan fingerprint density at radius 1 is 1.19 bits per heavy atom. The maximum Gasteiger partial charge on any atom is 0.327 e. The molecule has 1 aromatic rings. The van der Waals surface area contributed by atoms with Gasteiger partial charge in [0.05, 0.1) is 5.92 Å². The maximum absolute atomic E-state index is 11.0. The lowest BCUT2D eigenvalue weighted by atomic mass is 9.87. The molecule has 1 aliphatic heterocycles. The Bertz CT molecular complexity index is 402. The fraction of sp³-hybridized carbons (Fsp3) is 0.273. The van der Waals surface area contributed by atoms with Crippen molar-refractivity contribution in [3.8, 4) is 0 Å². The summed E-state index contributed by atoms with van der Waals surface area (Å²) in [4.78, 5) is 21.9. The lowest BCUT2D eigenvalue weighted by Gasteiger charge is -2.29. The molecule has 3 N–H and O–H groups in total. The van der Waals surface area contributed by atoms with Crippen molar-refractivity contribution < 1.29 is 19.8 Å². The van der Waals surface area contributed by atoms with Crippen LogP contribution in [0.25, 0.3) is 0 Å². The smallest absolute Gasteiger partial charge is 0.327 e. The van der Waals surface area contributed by atoms with E-state index in [1.54, 1.807) is 24.3 Å². The quantitative estimate of drug-likeness (QED) is 0.688. The normalized spacial score (nSPS) is 23.0. The lowest BCUT2D eigenvalue weighted by molar-refractivity contribution is -0.149. The Kier molecular flexibility index (Phi) is 2.52. The molecule has 0 radical (unpaired) electrons. The number of para-hydroxylation sites is 1. The Labute approximate surface area is 91.7 Å². The third-order valence-electron chi connectivity index (χ3n) is 2.75. The van der Waals surface area contributed by atoms with E-state index in [2.05, 4.69) is 5.32 Å². The number of aliphatic carboxylic acids is 2. The van der Waals surface area contributed by atoms with Crippen molar-refractivity contribution in [1.82, 2.24) is 0 Å². The second kappa shape index (κ2) is 3.84. The molecule has 0 amide bonds. The van der Waals surface area contributed by atoms with E-state index < -0.39 is 23.9 Å². The van der Waals surface area contributed by atoms with Gasteiger partial charge in [0.25, 0.3) is 0 Å². The molecule has 1 aromatic carbocycles. The maximum atomic E-state index is 11.0. The zero-order valence-electron chi connectivity index (χ0n) is 8.38. The first-order valence-corrected chi connectivity index (χ1v) is 4.89. The molecule has 16 heavy (non-hydrogen) atoms. The van der Waals surface area contributed by atoms with Gasteiger partial charge in [0.15, 0.2) is 0 Å². The number of rotatable bonds is 2. The fourth-order valence-electron chi connectivity index (χ4n) is 1.93. The number of carboxylic acid groups (broad SMARTS) is 2. The number of hydrogen-bond acceptors (Lipinski definition) is 3. The van der Waals surface area contributed by atoms with Gasteiger partial charge < -0.3 is 15.5 Å². The van der Waals surface area contributed by atoms with E-state index in [4.69, 9.17) is 10.2 Å². The molecule has 0 aromatic heterocycles. The molecule has 0 saturated carbocycles. The van der Waals surface area contributed by atoms with E-state index in [0.29, 0.717) is 5.69 Å². The number of nitrogens with one attached hydrogen (secondary N) is 1. The second-order valence-electron chi connectivity index (χ2n) is 3.77. The molecule has 0 aliphatic carbocycles. The minimum absolute atomic E-state index is 0.246. The van der Waals surface area contributed by atoms with Crippen molar-refractivity contribution in [2.24, 2.45) is 5.92 Å². The molecular formula is C11H11NO4. The highest BCUT2D eigenvalue weighted by atomic mass is 16.4. The van der Waals surface area contributed by atoms with Crippen LogP contribution in [0.15, 0.2) is 24.3 Å². The average molecular weight is 221 g/mol. The van der Waals surface area contributed by atoms with Crippen LogP contribution in [0.1, 0.15) is 5.56 Å². The summed E-state index contributed by atoms with van der Waals surface area (Å²) in [5, 5.41) is 20.7. The van der Waals surface area contributed by atoms with Crippen LogP contribution < -0.4 is 5.32 Å². The molecule has 5 nitrogen and oxygen atoms in total. The van der Waals surface area contributed by atoms with Gasteiger partial charge in [0.2, 0.25) is 0 Å². The van der Waals surface area contributed by atoms with Crippen LogP contribution in [-0.2, 0) is 16.0 Å². The topological polar surface area (TPSA) is 86.6 Å². The number of hydrogen-bond donors (Lipinski definition) is 3. The zero-order chi connectivity index (χ0) is 11.7. The van der Waals surface area contributed by atoms with Gasteiger partial charge in [0.1, 0.15) is 6.04 Å². The Hall–Kier alpha value is -2.04. The molecule has 2 atom stereocenters. The first kappa shape index (κ1) is 10.5. The van der Waals surface area contributed by atoms with Gasteiger partial charge in [-0.05, 0) is 18.1 Å². The van der Waals surface area contributed by atoms with E-state index >= 15 is 0 Å². The van der Waals surface area contributed by atoms with Crippen molar-refractivity contribution in [3.63, 3.8) is 0 Å². The first-order valence-electron chi connectivity index (χ1n) is 4.89. The van der Waals surface area contributed by atoms with E-state index in [1.807, 2.05) is 0 Å². The highest BCUT2D eigenvalue weighted by molar-refractivity contribution is 5.87. The van der Waals surface area contributed by atoms with Gasteiger partial charge in [-0.1, -0.05) is 18.2 Å². The fourth-order valence-corrected chi connectivity index (χ4v) is 1.93. The number of carbonyl (C=O) groups is 2. The molecule has 0 saturated heterocycles. The number of benzene rings is 1. The Balaban J connectivity index is 2.37. The largest absolute Gasteiger partial charge is 0.481 e. The molecular weight excluding hydrogens is 210 g/mol. The van der Waals surface area contributed by atoms with Crippen molar-refractivity contribution in [3.05, 3.63) is 29.8 Å². The minimum atomic E-state index is -1.14. The van der Waals surface area contributed by atoms with E-state index in [9.17, 15) is 9.59 Å². The molecule has 0 bridgehead atoms. The molecule has 5 heteroatoms. The van der Waals surface area contributed by atoms with E-state index in [-0.39, 0.29) is 6.42 Å². The molecule has 1 heterocycles. The van der Waals surface area contributed by atoms with Gasteiger partial charge in [-0.2, -0.15) is 0 Å². The van der Waals surface area contributed by atoms with Crippen molar-refractivity contribution >= 4 is 17.6 Å². The van der Waals surface area contributed by atoms with Crippen LogP contribution in [0, 0.1) is 5.92 Å². The lowest BCUT2D eigenvalue weighted by Crippen LogP contribution is -2.45. The van der Waals surface area contributed by atoms with Gasteiger partial charge in [-0.3, -0.25) is 4.79 Å². The summed E-state index contributed by atoms with van der Waals surface area (Å²) in [6, 6.07) is 6.08. The van der Waals surface area contributed by atoms with E-state index in [1.165, 1.54) is 0 Å². The molecule has 2 rings (SSSR count). The standard InChI is InChI=1S/C11H11NO4/c13-10(14)7-5-6-3-1-2-4-8(6)12-9(7)11(15)16/h1-4,7,9,12H,5H2,(H,13,14)(H,15,16). The third kappa shape index (κ3) is 1.71. The predicted octanol–water partition coefficient (Wildman–Crippen LogP) is 0.809. The van der Waals surface area contributed by atoms with Gasteiger partial charge in [0, 0.05) is 5.69 Å². The van der Waals surface area contributed by atoms with Gasteiger partial charge >= 0.3 is 11.9 Å². The summed E-state index contributed by atoms with van der Waals surface area (Å²) in [5.41, 5.74) is 1.54. The number of anilines is 1. The molecule has 0 spiro atoms. The SMILES string of the molecule is O=C(O)C1Cc2ccccc2NC1C(=O)O. The molecule has 2 unspecified atom stereocenters. The average Bonchev–Trinajstić information content (AvgIpc) is 2.27. The third-order valence-corrected chi connectivity index (χ3v) is 2.75. The van der Waals surface area contributed by atoms with Gasteiger partial charge in [-0.25, -0.2) is 4.79 Å². The van der Waals surface area contributed by atoms with Crippen LogP contribution in [-0.4, -0.2) is 28.2 Å². The Morgan fingerprint density at radius 3 is 2.50 bits per heavy atom.